The van der Waals surface area contributed by atoms with Gasteiger partial charge in [0.25, 0.3) is 0 Å². The molecule has 1 amide bonds. The van der Waals surface area contributed by atoms with E-state index in [0.717, 1.165) is 49.8 Å². The van der Waals surface area contributed by atoms with Crippen LogP contribution < -0.4 is 16.4 Å². The summed E-state index contributed by atoms with van der Waals surface area (Å²) in [4.78, 5) is 18.8. The maximum Gasteiger partial charge on any atom is 0.225 e. The molecule has 7 nitrogen and oxygen atoms in total. The van der Waals surface area contributed by atoms with Crippen LogP contribution in [-0.2, 0) is 16.1 Å². The van der Waals surface area contributed by atoms with E-state index in [1.165, 1.54) is 0 Å². The predicted octanol–water partition coefficient (Wildman–Crippen LogP) is 2.89. The van der Waals surface area contributed by atoms with Crippen LogP contribution in [0.25, 0.3) is 0 Å². The number of benzene rings is 2. The van der Waals surface area contributed by atoms with Crippen molar-refractivity contribution in [2.75, 3.05) is 43.5 Å². The van der Waals surface area contributed by atoms with Gasteiger partial charge in [0.1, 0.15) is 0 Å². The highest BCUT2D eigenvalue weighted by atomic mass is 127. The van der Waals surface area contributed by atoms with E-state index in [1.807, 2.05) is 54.6 Å². The largest absolute Gasteiger partial charge is 0.379 e. The molecule has 2 aromatic rings. The molecule has 3 rings (SSSR count). The molecule has 0 bridgehead atoms. The fraction of sp³-hybridized carbons (Fsp3) is 0.333. The van der Waals surface area contributed by atoms with Crippen LogP contribution in [0.2, 0.25) is 0 Å². The summed E-state index contributed by atoms with van der Waals surface area (Å²) in [6.07, 6.45) is 0.469. The monoisotopic (exact) mass is 509 g/mol. The van der Waals surface area contributed by atoms with Gasteiger partial charge < -0.3 is 21.1 Å². The number of nitrogens with zero attached hydrogens (tertiary/aromatic N) is 2. The number of anilines is 2. The minimum Gasteiger partial charge on any atom is -0.379 e. The number of morpholine rings is 1. The highest BCUT2D eigenvalue weighted by Gasteiger charge is 2.12. The van der Waals surface area contributed by atoms with Crippen molar-refractivity contribution in [1.82, 2.24) is 4.90 Å². The van der Waals surface area contributed by atoms with E-state index in [-0.39, 0.29) is 29.9 Å². The summed E-state index contributed by atoms with van der Waals surface area (Å²) in [6, 6.07) is 17.3. The lowest BCUT2D eigenvalue weighted by Crippen LogP contribution is -2.38. The van der Waals surface area contributed by atoms with Crippen LogP contribution in [0.3, 0.4) is 0 Å². The molecule has 0 aliphatic carbocycles. The molecule has 8 heteroatoms. The van der Waals surface area contributed by atoms with Gasteiger partial charge in [-0.15, -0.1) is 24.0 Å². The molecule has 4 N–H and O–H groups in total. The highest BCUT2D eigenvalue weighted by Crippen LogP contribution is 2.12. The number of halogens is 1. The second-order valence-corrected chi connectivity index (χ2v) is 6.65. The lowest BCUT2D eigenvalue weighted by Gasteiger charge is -2.26. The molecule has 156 valence electrons. The van der Waals surface area contributed by atoms with Gasteiger partial charge in [0, 0.05) is 37.4 Å². The summed E-state index contributed by atoms with van der Waals surface area (Å²) in [7, 11) is 0. The Hall–Kier alpha value is -2.17. The Morgan fingerprint density at radius 1 is 1.03 bits per heavy atom. The molecular weight excluding hydrogens is 481 g/mol. The Morgan fingerprint density at radius 2 is 1.76 bits per heavy atom. The molecule has 1 saturated heterocycles. The van der Waals surface area contributed by atoms with Crippen LogP contribution >= 0.6 is 24.0 Å². The van der Waals surface area contributed by atoms with Crippen molar-refractivity contribution >= 4 is 47.2 Å². The summed E-state index contributed by atoms with van der Waals surface area (Å²) < 4.78 is 5.32. The molecule has 1 aliphatic rings. The van der Waals surface area contributed by atoms with Gasteiger partial charge in [-0.3, -0.25) is 9.69 Å². The lowest BCUT2D eigenvalue weighted by atomic mass is 10.2. The Kier molecular flexibility index (Phi) is 9.89. The van der Waals surface area contributed by atoms with E-state index in [4.69, 9.17) is 10.5 Å². The maximum atomic E-state index is 12.2. The van der Waals surface area contributed by atoms with Gasteiger partial charge in [-0.25, -0.2) is 4.99 Å². The number of carbonyl (C=O) groups excluding carboxylic acids is 1. The van der Waals surface area contributed by atoms with Crippen molar-refractivity contribution in [1.29, 1.82) is 0 Å². The number of rotatable bonds is 7. The SMILES string of the molecule is I.NC(=NCc1cccc(NC(=O)CCN2CCOCC2)c1)Nc1ccccc1. The minimum atomic E-state index is 0. The molecule has 1 fully saturated rings. The fourth-order valence-corrected chi connectivity index (χ4v) is 2.94. The quantitative estimate of drug-likeness (QED) is 0.304. The first-order chi connectivity index (χ1) is 13.7. The Balaban J connectivity index is 0.00000300. The predicted molar refractivity (Wildman–Crippen MR) is 128 cm³/mol. The number of guanidine groups is 1. The van der Waals surface area contributed by atoms with Crippen LogP contribution in [0, 0.1) is 0 Å². The number of nitrogens with one attached hydrogen (secondary N) is 2. The zero-order valence-electron chi connectivity index (χ0n) is 16.3. The number of hydrogen-bond donors (Lipinski definition) is 3. The van der Waals surface area contributed by atoms with Gasteiger partial charge in [0.15, 0.2) is 5.96 Å². The zero-order valence-corrected chi connectivity index (χ0v) is 18.7. The average molecular weight is 509 g/mol. The molecule has 0 radical (unpaired) electrons. The van der Waals surface area contributed by atoms with Crippen molar-refractivity contribution in [2.24, 2.45) is 10.7 Å². The van der Waals surface area contributed by atoms with Crippen LogP contribution in [0.1, 0.15) is 12.0 Å². The third kappa shape index (κ3) is 8.38. The molecule has 1 aliphatic heterocycles. The van der Waals surface area contributed by atoms with E-state index in [1.54, 1.807) is 0 Å². The number of ether oxygens (including phenoxy) is 1. The molecule has 0 spiro atoms. The van der Waals surface area contributed by atoms with Gasteiger partial charge in [0.05, 0.1) is 19.8 Å². The number of aliphatic imine (C=N–C) groups is 1. The lowest BCUT2D eigenvalue weighted by molar-refractivity contribution is -0.116. The maximum absolute atomic E-state index is 12.2. The molecule has 0 aromatic heterocycles. The smallest absolute Gasteiger partial charge is 0.225 e. The Labute approximate surface area is 188 Å². The third-order valence-electron chi connectivity index (χ3n) is 4.45. The Bertz CT molecular complexity index is 795. The summed E-state index contributed by atoms with van der Waals surface area (Å²) >= 11 is 0. The summed E-state index contributed by atoms with van der Waals surface area (Å²) in [6.45, 7) is 4.45. The van der Waals surface area contributed by atoms with Crippen LogP contribution in [-0.4, -0.2) is 49.6 Å². The van der Waals surface area contributed by atoms with Crippen molar-refractivity contribution < 1.29 is 9.53 Å². The average Bonchev–Trinajstić information content (AvgIpc) is 2.73. The molecule has 0 saturated carbocycles. The fourth-order valence-electron chi connectivity index (χ4n) is 2.94. The number of hydrogen-bond acceptors (Lipinski definition) is 4. The van der Waals surface area contributed by atoms with Gasteiger partial charge in [-0.05, 0) is 29.8 Å². The van der Waals surface area contributed by atoms with E-state index in [9.17, 15) is 4.79 Å². The molecule has 29 heavy (non-hydrogen) atoms. The topological polar surface area (TPSA) is 92.0 Å². The third-order valence-corrected chi connectivity index (χ3v) is 4.45. The van der Waals surface area contributed by atoms with E-state index in [2.05, 4.69) is 20.5 Å². The number of carbonyl (C=O) groups is 1. The van der Waals surface area contributed by atoms with Gasteiger partial charge >= 0.3 is 0 Å². The zero-order chi connectivity index (χ0) is 19.6. The number of amides is 1. The first-order valence-electron chi connectivity index (χ1n) is 9.50. The highest BCUT2D eigenvalue weighted by molar-refractivity contribution is 14.0. The minimum absolute atomic E-state index is 0. The van der Waals surface area contributed by atoms with Crippen molar-refractivity contribution in [3.05, 3.63) is 60.2 Å². The first kappa shape index (κ1) is 23.1. The summed E-state index contributed by atoms with van der Waals surface area (Å²) in [5.74, 6) is 0.364. The van der Waals surface area contributed by atoms with Gasteiger partial charge in [-0.1, -0.05) is 30.3 Å². The van der Waals surface area contributed by atoms with E-state index < -0.39 is 0 Å². The van der Waals surface area contributed by atoms with Gasteiger partial charge in [-0.2, -0.15) is 0 Å². The van der Waals surface area contributed by atoms with E-state index >= 15 is 0 Å². The molecule has 0 unspecified atom stereocenters. The molecule has 2 aromatic carbocycles. The van der Waals surface area contributed by atoms with Crippen molar-refractivity contribution in [2.45, 2.75) is 13.0 Å². The normalized spacial score (nSPS) is 14.7. The van der Waals surface area contributed by atoms with Crippen molar-refractivity contribution in [3.8, 4) is 0 Å². The molecule has 1 heterocycles. The first-order valence-corrected chi connectivity index (χ1v) is 9.50. The second-order valence-electron chi connectivity index (χ2n) is 6.65. The molecule has 0 atom stereocenters. The number of para-hydroxylation sites is 1. The number of nitrogens with two attached hydrogens (primary N) is 1. The summed E-state index contributed by atoms with van der Waals surface area (Å²) in [5, 5.41) is 6.01. The van der Waals surface area contributed by atoms with E-state index in [0.29, 0.717) is 18.9 Å². The van der Waals surface area contributed by atoms with Crippen molar-refractivity contribution in [3.63, 3.8) is 0 Å². The second kappa shape index (κ2) is 12.4. The van der Waals surface area contributed by atoms with Gasteiger partial charge in [0.2, 0.25) is 5.91 Å². The van der Waals surface area contributed by atoms with Crippen LogP contribution in [0.5, 0.6) is 0 Å². The van der Waals surface area contributed by atoms with Crippen LogP contribution in [0.4, 0.5) is 11.4 Å². The Morgan fingerprint density at radius 3 is 2.52 bits per heavy atom. The molecular formula is C21H28IN5O2. The summed E-state index contributed by atoms with van der Waals surface area (Å²) in [5.41, 5.74) is 8.58. The standard InChI is InChI=1S/C21H27N5O2.HI/c22-21(25-18-6-2-1-3-7-18)23-16-17-5-4-8-19(15-17)24-20(27)9-10-26-11-13-28-14-12-26;/h1-8,15H,9-14,16H2,(H,24,27)(H3,22,23,25);1H. The van der Waals surface area contributed by atoms with Crippen LogP contribution in [0.15, 0.2) is 59.6 Å².